The highest BCUT2D eigenvalue weighted by atomic mass is 16.5. The summed E-state index contributed by atoms with van der Waals surface area (Å²) in [6, 6.07) is 7.12. The summed E-state index contributed by atoms with van der Waals surface area (Å²) < 4.78 is 16.2. The minimum Gasteiger partial charge on any atom is -0.490 e. The lowest BCUT2D eigenvalue weighted by atomic mass is 10.1. The van der Waals surface area contributed by atoms with E-state index in [9.17, 15) is 4.79 Å². The highest BCUT2D eigenvalue weighted by Crippen LogP contribution is 2.32. The van der Waals surface area contributed by atoms with Gasteiger partial charge in [-0.25, -0.2) is 0 Å². The van der Waals surface area contributed by atoms with E-state index in [-0.39, 0.29) is 17.7 Å². The summed E-state index contributed by atoms with van der Waals surface area (Å²) in [5.41, 5.74) is 1.61. The molecule has 1 atom stereocenters. The molecule has 6 nitrogen and oxygen atoms in total. The highest BCUT2D eigenvalue weighted by molar-refractivity contribution is 5.91. The second-order valence-electron chi connectivity index (χ2n) is 5.28. The standard InChI is InChI=1S/C16H18N2O4/c1-10-8-15(22-18-10)16(19)17-11(2)12-4-5-13-14(9-12)21-7-3-6-20-13/h4-5,8-9,11H,3,6-7H2,1-2H3,(H,17,19)/t11-/m1/s1. The van der Waals surface area contributed by atoms with Crippen molar-refractivity contribution < 1.29 is 18.8 Å². The van der Waals surface area contributed by atoms with Gasteiger partial charge in [0.25, 0.3) is 5.91 Å². The van der Waals surface area contributed by atoms with Gasteiger partial charge in [-0.15, -0.1) is 0 Å². The van der Waals surface area contributed by atoms with Gasteiger partial charge in [-0.2, -0.15) is 0 Å². The third kappa shape index (κ3) is 3.05. The summed E-state index contributed by atoms with van der Waals surface area (Å²) in [5.74, 6) is 1.37. The lowest BCUT2D eigenvalue weighted by Crippen LogP contribution is -2.26. The van der Waals surface area contributed by atoms with Crippen LogP contribution in [-0.4, -0.2) is 24.3 Å². The quantitative estimate of drug-likeness (QED) is 0.943. The van der Waals surface area contributed by atoms with Gasteiger partial charge in [0.2, 0.25) is 5.76 Å². The van der Waals surface area contributed by atoms with Crippen LogP contribution >= 0.6 is 0 Å². The number of carbonyl (C=O) groups excluding carboxylic acids is 1. The van der Waals surface area contributed by atoms with Crippen molar-refractivity contribution in [2.75, 3.05) is 13.2 Å². The lowest BCUT2D eigenvalue weighted by Gasteiger charge is -2.15. The zero-order chi connectivity index (χ0) is 15.5. The third-order valence-electron chi connectivity index (χ3n) is 3.47. The first kappa shape index (κ1) is 14.4. The Balaban J connectivity index is 1.73. The maximum Gasteiger partial charge on any atom is 0.290 e. The Morgan fingerprint density at radius 3 is 2.73 bits per heavy atom. The number of nitrogens with one attached hydrogen (secondary N) is 1. The van der Waals surface area contributed by atoms with E-state index in [1.807, 2.05) is 25.1 Å². The van der Waals surface area contributed by atoms with Crippen LogP contribution in [0.2, 0.25) is 0 Å². The maximum absolute atomic E-state index is 12.1. The molecule has 1 amide bonds. The summed E-state index contributed by atoms with van der Waals surface area (Å²) in [4.78, 5) is 12.1. The Morgan fingerprint density at radius 1 is 1.23 bits per heavy atom. The molecule has 1 aromatic heterocycles. The number of benzene rings is 1. The van der Waals surface area contributed by atoms with E-state index in [1.165, 1.54) is 0 Å². The van der Waals surface area contributed by atoms with Gasteiger partial charge in [0.1, 0.15) is 0 Å². The number of carbonyl (C=O) groups is 1. The molecule has 0 spiro atoms. The van der Waals surface area contributed by atoms with E-state index in [2.05, 4.69) is 10.5 Å². The molecule has 1 aliphatic heterocycles. The zero-order valence-corrected chi connectivity index (χ0v) is 12.6. The van der Waals surface area contributed by atoms with Crippen molar-refractivity contribution in [1.82, 2.24) is 10.5 Å². The fourth-order valence-electron chi connectivity index (χ4n) is 2.27. The van der Waals surface area contributed by atoms with Crippen LogP contribution in [0.15, 0.2) is 28.8 Å². The van der Waals surface area contributed by atoms with Crippen molar-refractivity contribution in [3.8, 4) is 11.5 Å². The minimum absolute atomic E-state index is 0.185. The first-order valence-corrected chi connectivity index (χ1v) is 7.27. The molecule has 3 rings (SSSR count). The molecule has 0 unspecified atom stereocenters. The van der Waals surface area contributed by atoms with Crippen LogP contribution in [0.25, 0.3) is 0 Å². The summed E-state index contributed by atoms with van der Waals surface area (Å²) in [7, 11) is 0. The second kappa shape index (κ2) is 6.09. The predicted octanol–water partition coefficient (Wildman–Crippen LogP) is 2.64. The number of fused-ring (bicyclic) bond motifs is 1. The molecule has 2 aromatic rings. The van der Waals surface area contributed by atoms with E-state index in [4.69, 9.17) is 14.0 Å². The molecule has 6 heteroatoms. The normalized spacial score (nSPS) is 15.0. The maximum atomic E-state index is 12.1. The molecule has 0 fully saturated rings. The van der Waals surface area contributed by atoms with Gasteiger partial charge in [0.15, 0.2) is 11.5 Å². The molecule has 0 saturated heterocycles. The van der Waals surface area contributed by atoms with Crippen LogP contribution in [-0.2, 0) is 0 Å². The van der Waals surface area contributed by atoms with Crippen LogP contribution in [0.5, 0.6) is 11.5 Å². The zero-order valence-electron chi connectivity index (χ0n) is 12.6. The van der Waals surface area contributed by atoms with Crippen molar-refractivity contribution >= 4 is 5.91 Å². The highest BCUT2D eigenvalue weighted by Gasteiger charge is 2.17. The number of ether oxygens (including phenoxy) is 2. The van der Waals surface area contributed by atoms with E-state index >= 15 is 0 Å². The largest absolute Gasteiger partial charge is 0.490 e. The smallest absolute Gasteiger partial charge is 0.290 e. The van der Waals surface area contributed by atoms with E-state index < -0.39 is 0 Å². The molecule has 1 N–H and O–H groups in total. The van der Waals surface area contributed by atoms with E-state index in [0.717, 1.165) is 17.7 Å². The molecule has 0 saturated carbocycles. The van der Waals surface area contributed by atoms with Crippen LogP contribution in [0.1, 0.15) is 41.2 Å². The van der Waals surface area contributed by atoms with Crippen LogP contribution in [0, 0.1) is 6.92 Å². The summed E-state index contributed by atoms with van der Waals surface area (Å²) in [6.45, 7) is 4.96. The molecular formula is C16H18N2O4. The van der Waals surface area contributed by atoms with E-state index in [1.54, 1.807) is 13.0 Å². The first-order valence-electron chi connectivity index (χ1n) is 7.27. The van der Waals surface area contributed by atoms with Gasteiger partial charge in [0.05, 0.1) is 24.9 Å². The van der Waals surface area contributed by atoms with Gasteiger partial charge in [-0.3, -0.25) is 4.79 Å². The average molecular weight is 302 g/mol. The number of hydrogen-bond donors (Lipinski definition) is 1. The van der Waals surface area contributed by atoms with Crippen molar-refractivity contribution in [2.45, 2.75) is 26.3 Å². The number of aromatic nitrogens is 1. The fourth-order valence-corrected chi connectivity index (χ4v) is 2.27. The number of nitrogens with zero attached hydrogens (tertiary/aromatic N) is 1. The minimum atomic E-state index is -0.291. The second-order valence-corrected chi connectivity index (χ2v) is 5.28. The average Bonchev–Trinajstić information content (AvgIpc) is 2.81. The number of amides is 1. The monoisotopic (exact) mass is 302 g/mol. The SMILES string of the molecule is Cc1cc(C(=O)N[C@H](C)c2ccc3c(c2)OCCCO3)on1. The van der Waals surface area contributed by atoms with Gasteiger partial charge in [-0.1, -0.05) is 11.2 Å². The van der Waals surface area contributed by atoms with E-state index in [0.29, 0.717) is 24.7 Å². The molecule has 0 radical (unpaired) electrons. The summed E-state index contributed by atoms with van der Waals surface area (Å²) in [6.07, 6.45) is 0.862. The molecule has 116 valence electrons. The van der Waals surface area contributed by atoms with Crippen LogP contribution < -0.4 is 14.8 Å². The van der Waals surface area contributed by atoms with Crippen molar-refractivity contribution in [1.29, 1.82) is 0 Å². The first-order chi connectivity index (χ1) is 10.6. The topological polar surface area (TPSA) is 73.6 Å². The van der Waals surface area contributed by atoms with Crippen molar-refractivity contribution in [3.05, 3.63) is 41.3 Å². The van der Waals surface area contributed by atoms with Crippen molar-refractivity contribution in [3.63, 3.8) is 0 Å². The van der Waals surface area contributed by atoms with Gasteiger partial charge < -0.3 is 19.3 Å². The third-order valence-corrected chi connectivity index (χ3v) is 3.47. The Kier molecular flexibility index (Phi) is 4.00. The van der Waals surface area contributed by atoms with Gasteiger partial charge in [-0.05, 0) is 31.5 Å². The molecule has 1 aliphatic rings. The van der Waals surface area contributed by atoms with Crippen LogP contribution in [0.3, 0.4) is 0 Å². The van der Waals surface area contributed by atoms with Gasteiger partial charge >= 0.3 is 0 Å². The Bertz CT molecular complexity index is 681. The summed E-state index contributed by atoms with van der Waals surface area (Å²) in [5, 5.41) is 6.59. The number of hydrogen-bond acceptors (Lipinski definition) is 5. The molecular weight excluding hydrogens is 284 g/mol. The van der Waals surface area contributed by atoms with Gasteiger partial charge in [0, 0.05) is 12.5 Å². The summed E-state index contributed by atoms with van der Waals surface area (Å²) >= 11 is 0. The predicted molar refractivity (Wildman–Crippen MR) is 79.2 cm³/mol. The molecule has 1 aromatic carbocycles. The molecule has 22 heavy (non-hydrogen) atoms. The van der Waals surface area contributed by atoms with Crippen LogP contribution in [0.4, 0.5) is 0 Å². The molecule has 0 aliphatic carbocycles. The fraction of sp³-hybridized carbons (Fsp3) is 0.375. The Labute approximate surface area is 128 Å². The number of rotatable bonds is 3. The molecule has 0 bridgehead atoms. The Morgan fingerprint density at radius 2 is 2.00 bits per heavy atom. The number of aryl methyl sites for hydroxylation is 1. The molecule has 2 heterocycles. The Hall–Kier alpha value is -2.50. The van der Waals surface area contributed by atoms with Crippen molar-refractivity contribution in [2.24, 2.45) is 0 Å². The lowest BCUT2D eigenvalue weighted by molar-refractivity contribution is 0.0902.